The zero-order valence-electron chi connectivity index (χ0n) is 22.8. The Morgan fingerprint density at radius 2 is 1.53 bits per heavy atom. The topological polar surface area (TPSA) is 96.4 Å². The van der Waals surface area contributed by atoms with E-state index in [4.69, 9.17) is 9.84 Å². The predicted octanol–water partition coefficient (Wildman–Crippen LogP) is 3.61. The molecule has 1 aromatic carbocycles. The average molecular weight is 485 g/mol. The van der Waals surface area contributed by atoms with E-state index >= 15 is 0 Å². The molecule has 2 heterocycles. The van der Waals surface area contributed by atoms with E-state index in [2.05, 4.69) is 42.8 Å². The van der Waals surface area contributed by atoms with E-state index in [1.165, 1.54) is 35.8 Å². The third-order valence-electron chi connectivity index (χ3n) is 4.18. The second-order valence-electron chi connectivity index (χ2n) is 8.05. The van der Waals surface area contributed by atoms with Crippen LogP contribution in [-0.2, 0) is 23.9 Å². The Labute approximate surface area is 207 Å². The van der Waals surface area contributed by atoms with Crippen LogP contribution in [0.3, 0.4) is 0 Å². The van der Waals surface area contributed by atoms with Gasteiger partial charge in [-0.3, -0.25) is 14.4 Å². The van der Waals surface area contributed by atoms with Crippen LogP contribution in [0.1, 0.15) is 57.6 Å². The van der Waals surface area contributed by atoms with Crippen LogP contribution in [0, 0.1) is 13.8 Å². The number of ether oxygens (including phenoxy) is 2. The van der Waals surface area contributed by atoms with E-state index in [-0.39, 0.29) is 12.1 Å². The summed E-state index contributed by atoms with van der Waals surface area (Å²) in [5, 5.41) is 7.00. The number of nitrogens with zero attached hydrogens (tertiary/aromatic N) is 2. The molecular weight excluding hydrogens is 436 g/mol. The highest BCUT2D eigenvalue weighted by Gasteiger charge is 2.14. The van der Waals surface area contributed by atoms with Crippen molar-refractivity contribution in [1.29, 1.82) is 0 Å². The van der Waals surface area contributed by atoms with Gasteiger partial charge in [-0.05, 0) is 58.1 Å². The quantitative estimate of drug-likeness (QED) is 0.509. The Hall–Kier alpha value is -2.45. The van der Waals surface area contributed by atoms with E-state index in [1.54, 1.807) is 19.0 Å². The number of benzene rings is 1. The van der Waals surface area contributed by atoms with Crippen molar-refractivity contribution in [2.24, 2.45) is 0 Å². The summed E-state index contributed by atoms with van der Waals surface area (Å²) in [5.41, 5.74) is 2.74. The fraction of sp³-hybridized carbons (Fsp3) is 0.654. The second-order valence-corrected chi connectivity index (χ2v) is 8.05. The molecule has 0 aliphatic carbocycles. The standard InChI is InChI=1S/C8H10.C5H9NO.C5H10O2.C4H8O.C3H7NO.CH4O/c1-7-5-3-4-6-8(7)2;1-6-4-2-3-5(6)7;1-4(2)7-5(3)6;1-2-4-5-3-1;1-4(2)3-5;1-2/h3-6H,1-2H3;2-4H2,1H3;4H,1-3H3;1-4H2;3H,1-2H3;2H,1H3. The van der Waals surface area contributed by atoms with Gasteiger partial charge in [0, 0.05) is 61.4 Å². The minimum Gasteiger partial charge on any atom is -0.463 e. The third kappa shape index (κ3) is 27.6. The predicted molar refractivity (Wildman–Crippen MR) is 138 cm³/mol. The van der Waals surface area contributed by atoms with Crippen molar-refractivity contribution < 1.29 is 29.0 Å². The number of aryl methyl sites for hydroxylation is 2. The lowest BCUT2D eigenvalue weighted by molar-refractivity contribution is -0.144. The first-order valence-electron chi connectivity index (χ1n) is 11.6. The Balaban J connectivity index is -0.000000351. The van der Waals surface area contributed by atoms with Crippen LogP contribution in [0.5, 0.6) is 0 Å². The van der Waals surface area contributed by atoms with Gasteiger partial charge < -0.3 is 24.4 Å². The van der Waals surface area contributed by atoms with Crippen LogP contribution < -0.4 is 0 Å². The van der Waals surface area contributed by atoms with Gasteiger partial charge in [0.25, 0.3) is 0 Å². The number of hydrogen-bond donors (Lipinski definition) is 1. The molecule has 3 rings (SSSR count). The third-order valence-corrected chi connectivity index (χ3v) is 4.18. The number of carbonyl (C=O) groups is 3. The van der Waals surface area contributed by atoms with Crippen LogP contribution in [0.15, 0.2) is 24.3 Å². The number of likely N-dealkylation sites (tertiary alicyclic amines) is 1. The number of amides is 2. The molecule has 8 nitrogen and oxygen atoms in total. The Morgan fingerprint density at radius 3 is 1.65 bits per heavy atom. The Kier molecular flexibility index (Phi) is 26.8. The highest BCUT2D eigenvalue weighted by molar-refractivity contribution is 5.77. The molecule has 2 aliphatic heterocycles. The summed E-state index contributed by atoms with van der Waals surface area (Å²) in [4.78, 5) is 33.2. The molecule has 0 saturated carbocycles. The smallest absolute Gasteiger partial charge is 0.302 e. The SMILES string of the molecule is C1CCOC1.CC(=O)OC(C)C.CN(C)C=O.CN1CCCC1=O.CO.Cc1ccccc1C. The molecular formula is C26H48N2O6. The van der Waals surface area contributed by atoms with Crippen LogP contribution in [0.25, 0.3) is 0 Å². The molecule has 1 N–H and O–H groups in total. The molecule has 0 bridgehead atoms. The van der Waals surface area contributed by atoms with Crippen LogP contribution >= 0.6 is 0 Å². The summed E-state index contributed by atoms with van der Waals surface area (Å²) in [6.45, 7) is 12.2. The van der Waals surface area contributed by atoms with Gasteiger partial charge in [0.1, 0.15) is 0 Å². The Morgan fingerprint density at radius 1 is 1.09 bits per heavy atom. The van der Waals surface area contributed by atoms with Crippen LogP contribution in [-0.4, -0.2) is 87.3 Å². The lowest BCUT2D eigenvalue weighted by atomic mass is 10.1. The average Bonchev–Trinajstić information content (AvgIpc) is 3.48. The number of rotatable bonds is 2. The molecule has 2 fully saturated rings. The number of hydrogen-bond acceptors (Lipinski definition) is 6. The summed E-state index contributed by atoms with van der Waals surface area (Å²) >= 11 is 0. The monoisotopic (exact) mass is 484 g/mol. The molecule has 198 valence electrons. The molecule has 2 aliphatic rings. The fourth-order valence-electron chi connectivity index (χ4n) is 2.29. The van der Waals surface area contributed by atoms with Crippen molar-refractivity contribution >= 4 is 18.3 Å². The summed E-state index contributed by atoms with van der Waals surface area (Å²) in [6.07, 6.45) is 5.14. The molecule has 0 spiro atoms. The molecule has 0 unspecified atom stereocenters. The normalized spacial score (nSPS) is 13.1. The number of aliphatic hydroxyl groups is 1. The van der Waals surface area contributed by atoms with Gasteiger partial charge >= 0.3 is 5.97 Å². The van der Waals surface area contributed by atoms with Gasteiger partial charge in [0.05, 0.1) is 6.10 Å². The first-order chi connectivity index (χ1) is 16.0. The second kappa shape index (κ2) is 25.2. The molecule has 34 heavy (non-hydrogen) atoms. The number of aliphatic hydroxyl groups excluding tert-OH is 1. The lowest BCUT2D eigenvalue weighted by Gasteiger charge is -2.03. The summed E-state index contributed by atoms with van der Waals surface area (Å²) in [5.74, 6) is 0.0787. The molecule has 1 aromatic rings. The summed E-state index contributed by atoms with van der Waals surface area (Å²) in [6, 6.07) is 8.36. The van der Waals surface area contributed by atoms with Gasteiger partial charge in [-0.1, -0.05) is 24.3 Å². The maximum Gasteiger partial charge on any atom is 0.302 e. The summed E-state index contributed by atoms with van der Waals surface area (Å²) in [7, 11) is 6.22. The van der Waals surface area contributed by atoms with Crippen molar-refractivity contribution in [1.82, 2.24) is 9.80 Å². The summed E-state index contributed by atoms with van der Waals surface area (Å²) < 4.78 is 9.56. The van der Waals surface area contributed by atoms with Crippen molar-refractivity contribution in [3.8, 4) is 0 Å². The highest BCUT2D eigenvalue weighted by Crippen LogP contribution is 2.05. The van der Waals surface area contributed by atoms with E-state index in [0.29, 0.717) is 5.91 Å². The maximum atomic E-state index is 10.5. The van der Waals surface area contributed by atoms with Gasteiger partial charge in [0.2, 0.25) is 12.3 Å². The molecule has 8 heteroatoms. The van der Waals surface area contributed by atoms with E-state index in [9.17, 15) is 14.4 Å². The Bertz CT molecular complexity index is 603. The molecule has 0 radical (unpaired) electrons. The van der Waals surface area contributed by atoms with Crippen molar-refractivity contribution in [3.05, 3.63) is 35.4 Å². The number of esters is 1. The fourth-order valence-corrected chi connectivity index (χ4v) is 2.29. The van der Waals surface area contributed by atoms with Crippen molar-refractivity contribution in [2.75, 3.05) is 48.0 Å². The highest BCUT2D eigenvalue weighted by atomic mass is 16.5. The molecule has 2 saturated heterocycles. The minimum atomic E-state index is -0.213. The van der Waals surface area contributed by atoms with E-state index < -0.39 is 0 Å². The first-order valence-corrected chi connectivity index (χ1v) is 11.6. The van der Waals surface area contributed by atoms with Gasteiger partial charge in [-0.15, -0.1) is 0 Å². The zero-order valence-corrected chi connectivity index (χ0v) is 22.8. The maximum absolute atomic E-state index is 10.5. The minimum absolute atomic E-state index is 0.0255. The van der Waals surface area contributed by atoms with Gasteiger partial charge in [0.15, 0.2) is 0 Å². The van der Waals surface area contributed by atoms with Crippen LogP contribution in [0.4, 0.5) is 0 Å². The zero-order chi connectivity index (χ0) is 26.9. The largest absolute Gasteiger partial charge is 0.463 e. The molecule has 2 amide bonds. The van der Waals surface area contributed by atoms with Gasteiger partial charge in [-0.25, -0.2) is 0 Å². The molecule has 0 atom stereocenters. The van der Waals surface area contributed by atoms with Crippen molar-refractivity contribution in [3.63, 3.8) is 0 Å². The van der Waals surface area contributed by atoms with Gasteiger partial charge in [-0.2, -0.15) is 0 Å². The van der Waals surface area contributed by atoms with Crippen LogP contribution in [0.2, 0.25) is 0 Å². The first kappa shape index (κ1) is 36.1. The van der Waals surface area contributed by atoms with Crippen molar-refractivity contribution in [2.45, 2.75) is 66.4 Å². The molecule has 0 aromatic heterocycles. The lowest BCUT2D eigenvalue weighted by Crippen LogP contribution is -2.17. The van der Waals surface area contributed by atoms with E-state index in [1.807, 2.05) is 20.9 Å². The number of carbonyl (C=O) groups excluding carboxylic acids is 3. The van der Waals surface area contributed by atoms with E-state index in [0.717, 1.165) is 46.1 Å².